The highest BCUT2D eigenvalue weighted by molar-refractivity contribution is 5.78. The number of amides is 1. The molecule has 2 N–H and O–H groups in total. The average Bonchev–Trinajstić information content (AvgIpc) is 3.26. The molecule has 0 radical (unpaired) electrons. The van der Waals surface area contributed by atoms with E-state index in [1.54, 1.807) is 23.9 Å². The van der Waals surface area contributed by atoms with E-state index in [9.17, 15) is 9.59 Å². The Kier molecular flexibility index (Phi) is 3.38. The molecule has 1 amide bonds. The molecule has 1 saturated heterocycles. The Morgan fingerprint density at radius 2 is 2.10 bits per heavy atom. The molecular formula is C15H21N3O2. The Morgan fingerprint density at radius 3 is 2.70 bits per heavy atom. The second-order valence-electron chi connectivity index (χ2n) is 6.04. The number of nitrogens with two attached hydrogens (primary N) is 1. The number of aryl methyl sites for hydroxylation is 1. The van der Waals surface area contributed by atoms with Crippen molar-refractivity contribution in [3.8, 4) is 0 Å². The molecule has 20 heavy (non-hydrogen) atoms. The second kappa shape index (κ2) is 5.05. The summed E-state index contributed by atoms with van der Waals surface area (Å²) in [6.45, 7) is 1.73. The van der Waals surface area contributed by atoms with Gasteiger partial charge in [0.1, 0.15) is 0 Å². The molecule has 2 heterocycles. The molecule has 1 unspecified atom stereocenters. The summed E-state index contributed by atoms with van der Waals surface area (Å²) in [5.74, 6) is -0.353. The van der Waals surface area contributed by atoms with Crippen LogP contribution in [0.15, 0.2) is 23.1 Å². The molecule has 0 spiro atoms. The summed E-state index contributed by atoms with van der Waals surface area (Å²) >= 11 is 0. The van der Waals surface area contributed by atoms with Gasteiger partial charge in [0.25, 0.3) is 5.56 Å². The third kappa shape index (κ3) is 2.50. The van der Waals surface area contributed by atoms with Crippen LogP contribution in [0.25, 0.3) is 0 Å². The number of carbonyl (C=O) groups is 1. The van der Waals surface area contributed by atoms with E-state index in [1.807, 2.05) is 6.07 Å². The van der Waals surface area contributed by atoms with Crippen LogP contribution < -0.4 is 11.3 Å². The molecule has 0 bridgehead atoms. The zero-order valence-electron chi connectivity index (χ0n) is 11.8. The minimum atomic E-state index is -0.249. The van der Waals surface area contributed by atoms with Crippen LogP contribution >= 0.6 is 0 Å². The van der Waals surface area contributed by atoms with Crippen LogP contribution in [0.1, 0.15) is 30.7 Å². The van der Waals surface area contributed by atoms with E-state index >= 15 is 0 Å². The van der Waals surface area contributed by atoms with E-state index in [0.29, 0.717) is 6.04 Å². The molecule has 3 rings (SSSR count). The Morgan fingerprint density at radius 1 is 1.35 bits per heavy atom. The van der Waals surface area contributed by atoms with E-state index in [2.05, 4.69) is 4.90 Å². The highest BCUT2D eigenvalue weighted by atomic mass is 16.1. The number of aromatic nitrogens is 1. The first kappa shape index (κ1) is 13.4. The molecule has 2 aliphatic rings. The van der Waals surface area contributed by atoms with E-state index in [1.165, 1.54) is 12.8 Å². The predicted octanol–water partition coefficient (Wildman–Crippen LogP) is 0.439. The Labute approximate surface area is 118 Å². The summed E-state index contributed by atoms with van der Waals surface area (Å²) < 4.78 is 1.54. The Bertz CT molecular complexity index is 577. The number of nitrogens with zero attached hydrogens (tertiary/aromatic N) is 2. The molecule has 1 saturated carbocycles. The van der Waals surface area contributed by atoms with Gasteiger partial charge < -0.3 is 10.3 Å². The number of likely N-dealkylation sites (tertiary alicyclic amines) is 1. The molecule has 1 aliphatic carbocycles. The fourth-order valence-electron chi connectivity index (χ4n) is 3.23. The smallest absolute Gasteiger partial charge is 0.250 e. The fourth-order valence-corrected chi connectivity index (χ4v) is 3.23. The van der Waals surface area contributed by atoms with Gasteiger partial charge in [-0.15, -0.1) is 0 Å². The molecule has 2 atom stereocenters. The summed E-state index contributed by atoms with van der Waals surface area (Å²) in [7, 11) is 1.73. The first-order valence-electron chi connectivity index (χ1n) is 7.26. The first-order valence-corrected chi connectivity index (χ1v) is 7.26. The van der Waals surface area contributed by atoms with Gasteiger partial charge in [-0.3, -0.25) is 14.5 Å². The molecule has 108 valence electrons. The van der Waals surface area contributed by atoms with Gasteiger partial charge in [-0.2, -0.15) is 0 Å². The number of rotatable bonds is 3. The van der Waals surface area contributed by atoms with Crippen LogP contribution in [0, 0.1) is 5.92 Å². The molecule has 5 heteroatoms. The van der Waals surface area contributed by atoms with Gasteiger partial charge in [0, 0.05) is 31.9 Å². The van der Waals surface area contributed by atoms with E-state index in [4.69, 9.17) is 5.73 Å². The lowest BCUT2D eigenvalue weighted by molar-refractivity contribution is -0.124. The third-order valence-corrected chi connectivity index (χ3v) is 4.63. The highest BCUT2D eigenvalue weighted by Gasteiger charge is 2.39. The van der Waals surface area contributed by atoms with Gasteiger partial charge in [0.15, 0.2) is 0 Å². The highest BCUT2D eigenvalue weighted by Crippen LogP contribution is 2.37. The average molecular weight is 275 g/mol. The predicted molar refractivity (Wildman–Crippen MR) is 76.3 cm³/mol. The largest absolute Gasteiger partial charge is 0.369 e. The van der Waals surface area contributed by atoms with Crippen molar-refractivity contribution in [2.45, 2.75) is 31.2 Å². The maximum Gasteiger partial charge on any atom is 0.250 e. The van der Waals surface area contributed by atoms with Gasteiger partial charge in [0.05, 0.1) is 5.92 Å². The maximum absolute atomic E-state index is 11.8. The normalized spacial score (nSPS) is 27.4. The first-order chi connectivity index (χ1) is 9.56. The lowest BCUT2D eigenvalue weighted by atomic mass is 9.80. The number of hydrogen-bond acceptors (Lipinski definition) is 3. The van der Waals surface area contributed by atoms with Gasteiger partial charge in [-0.05, 0) is 43.4 Å². The van der Waals surface area contributed by atoms with E-state index < -0.39 is 0 Å². The summed E-state index contributed by atoms with van der Waals surface area (Å²) in [6, 6.07) is 4.24. The molecule has 1 aliphatic heterocycles. The lowest BCUT2D eigenvalue weighted by Crippen LogP contribution is -2.46. The van der Waals surface area contributed by atoms with E-state index in [0.717, 1.165) is 25.1 Å². The molecule has 0 aromatic carbocycles. The Balaban J connectivity index is 1.85. The zero-order chi connectivity index (χ0) is 14.3. The van der Waals surface area contributed by atoms with Crippen molar-refractivity contribution in [2.24, 2.45) is 18.7 Å². The van der Waals surface area contributed by atoms with Crippen LogP contribution in [-0.2, 0) is 11.8 Å². The second-order valence-corrected chi connectivity index (χ2v) is 6.04. The quantitative estimate of drug-likeness (QED) is 0.870. The van der Waals surface area contributed by atoms with Gasteiger partial charge in [-0.25, -0.2) is 0 Å². The van der Waals surface area contributed by atoms with E-state index in [-0.39, 0.29) is 23.3 Å². The van der Waals surface area contributed by atoms with Crippen LogP contribution in [0.5, 0.6) is 0 Å². The van der Waals surface area contributed by atoms with Gasteiger partial charge in [-0.1, -0.05) is 0 Å². The van der Waals surface area contributed by atoms with Crippen molar-refractivity contribution < 1.29 is 4.79 Å². The van der Waals surface area contributed by atoms with Crippen LogP contribution in [0.3, 0.4) is 0 Å². The summed E-state index contributed by atoms with van der Waals surface area (Å²) in [4.78, 5) is 26.0. The van der Waals surface area contributed by atoms with Crippen LogP contribution in [0.4, 0.5) is 0 Å². The Hall–Kier alpha value is -1.62. The fraction of sp³-hybridized carbons (Fsp3) is 0.600. The van der Waals surface area contributed by atoms with Gasteiger partial charge in [0.2, 0.25) is 5.91 Å². The lowest BCUT2D eigenvalue weighted by Gasteiger charge is -2.37. The standard InChI is InChI=1S/C15H21N3O2/c1-17-6-4-10(8-14(17)19)12-5-7-18(11-2-3-11)9-13(12)15(16)20/h4,6,8,11-13H,2-3,5,7,9H2,1H3,(H2,16,20)/t12?,13-/m0/s1. The van der Waals surface area contributed by atoms with Crippen molar-refractivity contribution in [2.75, 3.05) is 13.1 Å². The number of carbonyl (C=O) groups excluding carboxylic acids is 1. The number of piperidine rings is 1. The number of pyridine rings is 1. The monoisotopic (exact) mass is 275 g/mol. The zero-order valence-corrected chi connectivity index (χ0v) is 11.8. The summed E-state index contributed by atoms with van der Waals surface area (Å²) in [6.07, 6.45) is 5.14. The minimum Gasteiger partial charge on any atom is -0.369 e. The molecular weight excluding hydrogens is 254 g/mol. The van der Waals surface area contributed by atoms with Crippen LogP contribution in [0.2, 0.25) is 0 Å². The molecule has 5 nitrogen and oxygen atoms in total. The number of hydrogen-bond donors (Lipinski definition) is 1. The maximum atomic E-state index is 11.8. The number of primary amides is 1. The van der Waals surface area contributed by atoms with Crippen molar-refractivity contribution in [3.05, 3.63) is 34.2 Å². The summed E-state index contributed by atoms with van der Waals surface area (Å²) in [5, 5.41) is 0. The van der Waals surface area contributed by atoms with Crippen molar-refractivity contribution >= 4 is 5.91 Å². The van der Waals surface area contributed by atoms with Crippen molar-refractivity contribution in [1.82, 2.24) is 9.47 Å². The third-order valence-electron chi connectivity index (χ3n) is 4.63. The molecule has 1 aromatic heterocycles. The van der Waals surface area contributed by atoms with Gasteiger partial charge >= 0.3 is 0 Å². The van der Waals surface area contributed by atoms with Crippen molar-refractivity contribution in [1.29, 1.82) is 0 Å². The topological polar surface area (TPSA) is 68.3 Å². The van der Waals surface area contributed by atoms with Crippen molar-refractivity contribution in [3.63, 3.8) is 0 Å². The summed E-state index contributed by atoms with van der Waals surface area (Å²) in [5.41, 5.74) is 6.52. The minimum absolute atomic E-state index is 0.0321. The molecule has 1 aromatic rings. The molecule has 2 fully saturated rings. The van der Waals surface area contributed by atoms with Crippen LogP contribution in [-0.4, -0.2) is 34.5 Å². The SMILES string of the molecule is Cn1ccc(C2CCN(C3CC3)C[C@@H]2C(N)=O)cc1=O.